The summed E-state index contributed by atoms with van der Waals surface area (Å²) in [6, 6.07) is 6.00. The van der Waals surface area contributed by atoms with Gasteiger partial charge in [0.25, 0.3) is 0 Å². The summed E-state index contributed by atoms with van der Waals surface area (Å²) in [7, 11) is 0. The van der Waals surface area contributed by atoms with E-state index >= 15 is 0 Å². The van der Waals surface area contributed by atoms with Crippen LogP contribution in [-0.4, -0.2) is 15.7 Å². The molecule has 1 atom stereocenters. The molecule has 1 aromatic carbocycles. The monoisotopic (exact) mass is 253 g/mol. The van der Waals surface area contributed by atoms with Crippen LogP contribution in [0.3, 0.4) is 0 Å². The summed E-state index contributed by atoms with van der Waals surface area (Å²) in [5.74, 6) is -0.179. The van der Waals surface area contributed by atoms with E-state index in [-0.39, 0.29) is 21.9 Å². The number of halogens is 1. The third-order valence-electron chi connectivity index (χ3n) is 1.75. The van der Waals surface area contributed by atoms with E-state index in [1.54, 1.807) is 6.92 Å². The molecule has 0 spiro atoms. The molecule has 1 rings (SSSR count). The van der Waals surface area contributed by atoms with E-state index in [4.69, 9.17) is 10.4 Å². The third kappa shape index (κ3) is 2.12. The number of phenolic OH excluding ortho intramolecular Hbond substituents is 1. The lowest BCUT2D eigenvalue weighted by molar-refractivity contribution is 0.0995. The molecule has 0 bridgehead atoms. The summed E-state index contributed by atoms with van der Waals surface area (Å²) >= 11 is 3.14. The number of nitrogens with zero attached hydrogens (tertiary/aromatic N) is 1. The fourth-order valence-electron chi connectivity index (χ4n) is 1.05. The van der Waals surface area contributed by atoms with Gasteiger partial charge in [-0.2, -0.15) is 5.26 Å². The Morgan fingerprint density at radius 1 is 1.64 bits per heavy atom. The SMILES string of the molecule is CC(Br)C(=O)c1ccc(O)cc1C#N. The molecule has 1 aromatic rings. The van der Waals surface area contributed by atoms with Crippen LogP contribution in [0.25, 0.3) is 0 Å². The zero-order chi connectivity index (χ0) is 10.7. The van der Waals surface area contributed by atoms with Crippen LogP contribution in [0.5, 0.6) is 5.75 Å². The Hall–Kier alpha value is -1.34. The van der Waals surface area contributed by atoms with Crippen molar-refractivity contribution in [2.24, 2.45) is 0 Å². The first-order valence-corrected chi connectivity index (χ1v) is 4.89. The van der Waals surface area contributed by atoms with Crippen molar-refractivity contribution in [2.45, 2.75) is 11.8 Å². The van der Waals surface area contributed by atoms with Crippen LogP contribution in [0.4, 0.5) is 0 Å². The number of hydrogen-bond donors (Lipinski definition) is 1. The van der Waals surface area contributed by atoms with Crippen LogP contribution < -0.4 is 0 Å². The topological polar surface area (TPSA) is 61.1 Å². The maximum atomic E-state index is 11.6. The summed E-state index contributed by atoms with van der Waals surface area (Å²) in [6.45, 7) is 1.69. The number of aromatic hydroxyl groups is 1. The maximum Gasteiger partial charge on any atom is 0.177 e. The molecule has 0 aliphatic carbocycles. The van der Waals surface area contributed by atoms with Crippen LogP contribution in [0.1, 0.15) is 22.8 Å². The van der Waals surface area contributed by atoms with Crippen molar-refractivity contribution in [1.82, 2.24) is 0 Å². The van der Waals surface area contributed by atoms with Crippen molar-refractivity contribution < 1.29 is 9.90 Å². The first kappa shape index (κ1) is 10.7. The predicted octanol–water partition coefficient (Wildman–Crippen LogP) is 2.23. The van der Waals surface area contributed by atoms with E-state index in [0.29, 0.717) is 5.56 Å². The number of carbonyl (C=O) groups is 1. The second kappa shape index (κ2) is 4.25. The Morgan fingerprint density at radius 2 is 2.29 bits per heavy atom. The number of phenols is 1. The number of nitriles is 1. The standard InChI is InChI=1S/C10H8BrNO2/c1-6(11)10(14)9-3-2-8(13)4-7(9)5-12/h2-4,6,13H,1H3. The van der Waals surface area contributed by atoms with E-state index < -0.39 is 0 Å². The van der Waals surface area contributed by atoms with Gasteiger partial charge in [0.05, 0.1) is 10.4 Å². The minimum atomic E-state index is -0.334. The summed E-state index contributed by atoms with van der Waals surface area (Å²) in [6.07, 6.45) is 0. The largest absolute Gasteiger partial charge is 0.508 e. The quantitative estimate of drug-likeness (QED) is 0.650. The lowest BCUT2D eigenvalue weighted by Gasteiger charge is -2.04. The predicted molar refractivity (Wildman–Crippen MR) is 55.5 cm³/mol. The average molecular weight is 254 g/mol. The lowest BCUT2D eigenvalue weighted by Crippen LogP contribution is -2.11. The second-order valence-electron chi connectivity index (χ2n) is 2.82. The van der Waals surface area contributed by atoms with Crippen molar-refractivity contribution in [3.63, 3.8) is 0 Å². The zero-order valence-corrected chi connectivity index (χ0v) is 9.08. The molecule has 0 saturated heterocycles. The number of alkyl halides is 1. The number of Topliss-reactive ketones (excluding diaryl/α,β-unsaturated/α-hetero) is 1. The van der Waals surface area contributed by atoms with Gasteiger partial charge in [-0.1, -0.05) is 15.9 Å². The van der Waals surface area contributed by atoms with Gasteiger partial charge in [-0.3, -0.25) is 4.79 Å². The first-order valence-electron chi connectivity index (χ1n) is 3.97. The number of benzene rings is 1. The molecule has 0 aromatic heterocycles. The first-order chi connectivity index (χ1) is 6.56. The summed E-state index contributed by atoms with van der Waals surface area (Å²) in [5, 5.41) is 17.9. The number of rotatable bonds is 2. The van der Waals surface area contributed by atoms with Gasteiger partial charge in [-0.15, -0.1) is 0 Å². The lowest BCUT2D eigenvalue weighted by atomic mass is 10.0. The molecule has 1 N–H and O–H groups in total. The van der Waals surface area contributed by atoms with Gasteiger partial charge in [0, 0.05) is 5.56 Å². The van der Waals surface area contributed by atoms with Crippen LogP contribution in [0.15, 0.2) is 18.2 Å². The molecule has 72 valence electrons. The Bertz CT molecular complexity index is 407. The van der Waals surface area contributed by atoms with E-state index in [9.17, 15) is 4.79 Å². The molecular formula is C10H8BrNO2. The molecule has 3 nitrogen and oxygen atoms in total. The minimum absolute atomic E-state index is 0.0136. The Morgan fingerprint density at radius 3 is 2.79 bits per heavy atom. The highest BCUT2D eigenvalue weighted by atomic mass is 79.9. The smallest absolute Gasteiger partial charge is 0.177 e. The normalized spacial score (nSPS) is 11.8. The number of hydrogen-bond acceptors (Lipinski definition) is 3. The van der Waals surface area contributed by atoms with Crippen molar-refractivity contribution in [3.05, 3.63) is 29.3 Å². The van der Waals surface area contributed by atoms with Gasteiger partial charge >= 0.3 is 0 Å². The Balaban J connectivity index is 3.23. The average Bonchev–Trinajstić information content (AvgIpc) is 2.16. The van der Waals surface area contributed by atoms with Gasteiger partial charge in [-0.05, 0) is 25.1 Å². The molecule has 0 heterocycles. The van der Waals surface area contributed by atoms with E-state index in [2.05, 4.69) is 15.9 Å². The molecule has 14 heavy (non-hydrogen) atoms. The van der Waals surface area contributed by atoms with Gasteiger partial charge in [0.15, 0.2) is 5.78 Å². The zero-order valence-electron chi connectivity index (χ0n) is 7.49. The molecule has 4 heteroatoms. The number of carbonyl (C=O) groups excluding carboxylic acids is 1. The third-order valence-corrected chi connectivity index (χ3v) is 2.17. The van der Waals surface area contributed by atoms with Crippen molar-refractivity contribution in [1.29, 1.82) is 5.26 Å². The minimum Gasteiger partial charge on any atom is -0.508 e. The highest BCUT2D eigenvalue weighted by Crippen LogP contribution is 2.19. The van der Waals surface area contributed by atoms with Gasteiger partial charge < -0.3 is 5.11 Å². The van der Waals surface area contributed by atoms with Crippen LogP contribution in [0, 0.1) is 11.3 Å². The van der Waals surface area contributed by atoms with Crippen molar-refractivity contribution in [2.75, 3.05) is 0 Å². The van der Waals surface area contributed by atoms with E-state index in [1.165, 1.54) is 18.2 Å². The fraction of sp³-hybridized carbons (Fsp3) is 0.200. The van der Waals surface area contributed by atoms with Crippen LogP contribution in [-0.2, 0) is 0 Å². The highest BCUT2D eigenvalue weighted by molar-refractivity contribution is 9.10. The summed E-state index contributed by atoms with van der Waals surface area (Å²) in [5.41, 5.74) is 0.524. The second-order valence-corrected chi connectivity index (χ2v) is 4.20. The number of ketones is 1. The maximum absolute atomic E-state index is 11.6. The molecule has 0 aliphatic heterocycles. The molecule has 1 unspecified atom stereocenters. The Kier molecular flexibility index (Phi) is 3.26. The molecule has 0 radical (unpaired) electrons. The molecule has 0 fully saturated rings. The van der Waals surface area contributed by atoms with Gasteiger partial charge in [0.1, 0.15) is 11.8 Å². The van der Waals surface area contributed by atoms with E-state index in [0.717, 1.165) is 0 Å². The molecule has 0 aliphatic rings. The summed E-state index contributed by atoms with van der Waals surface area (Å²) < 4.78 is 0. The van der Waals surface area contributed by atoms with E-state index in [1.807, 2.05) is 6.07 Å². The summed E-state index contributed by atoms with van der Waals surface area (Å²) in [4.78, 5) is 11.2. The van der Waals surface area contributed by atoms with Crippen molar-refractivity contribution >= 4 is 21.7 Å². The van der Waals surface area contributed by atoms with Crippen LogP contribution >= 0.6 is 15.9 Å². The molecule has 0 amide bonds. The molecular weight excluding hydrogens is 246 g/mol. The molecule has 0 saturated carbocycles. The Labute approximate surface area is 90.1 Å². The highest BCUT2D eigenvalue weighted by Gasteiger charge is 2.16. The fourth-order valence-corrected chi connectivity index (χ4v) is 1.30. The van der Waals surface area contributed by atoms with Gasteiger partial charge in [0.2, 0.25) is 0 Å². The van der Waals surface area contributed by atoms with Crippen molar-refractivity contribution in [3.8, 4) is 11.8 Å². The van der Waals surface area contributed by atoms with Gasteiger partial charge in [-0.25, -0.2) is 0 Å². The van der Waals surface area contributed by atoms with Crippen LogP contribution in [0.2, 0.25) is 0 Å².